The lowest BCUT2D eigenvalue weighted by Crippen LogP contribution is -1.89. The minimum absolute atomic E-state index is 0.0416. The average Bonchev–Trinajstić information content (AvgIpc) is 2.77. The monoisotopic (exact) mass is 246 g/mol. The zero-order valence-corrected chi connectivity index (χ0v) is 9.53. The summed E-state index contributed by atoms with van der Waals surface area (Å²) in [7, 11) is 0. The van der Waals surface area contributed by atoms with Crippen LogP contribution in [0.2, 0.25) is 0 Å². The van der Waals surface area contributed by atoms with Gasteiger partial charge in [0.15, 0.2) is 0 Å². The molecule has 1 heterocycles. The first kappa shape index (κ1) is 11.8. The van der Waals surface area contributed by atoms with Gasteiger partial charge in [-0.1, -0.05) is 5.16 Å². The normalized spacial score (nSPS) is 10.9. The van der Waals surface area contributed by atoms with Gasteiger partial charge in [-0.15, -0.1) is 0 Å². The first-order valence-corrected chi connectivity index (χ1v) is 5.14. The Hall–Kier alpha value is -2.63. The fourth-order valence-electron chi connectivity index (χ4n) is 1.66. The van der Waals surface area contributed by atoms with Gasteiger partial charge in [0, 0.05) is 17.7 Å². The van der Waals surface area contributed by atoms with Crippen molar-refractivity contribution >= 4 is 11.9 Å². The number of aryl methyl sites for hydroxylation is 1. The number of furan rings is 1. The molecule has 2 aromatic rings. The number of rotatable bonds is 3. The van der Waals surface area contributed by atoms with Crippen LogP contribution in [-0.4, -0.2) is 16.3 Å². The summed E-state index contributed by atoms with van der Waals surface area (Å²) in [6.07, 6.45) is 1.17. The Kier molecular flexibility index (Phi) is 3.09. The minimum Gasteiger partial charge on any atom is -0.455 e. The van der Waals surface area contributed by atoms with E-state index >= 15 is 0 Å². The first-order valence-electron chi connectivity index (χ1n) is 5.14. The Bertz CT molecular complexity index is 616. The SMILES string of the molecule is Cc1cc([N+](=O)[O-])ccc1-c1ccc(/C=N/O)o1. The minimum atomic E-state index is -0.442. The standard InChI is InChI=1S/C12H10N2O4/c1-8-6-9(14(16)17)2-4-11(8)12-5-3-10(18-12)7-13-15/h2-7,15H,1H3/b13-7+. The van der Waals surface area contributed by atoms with Crippen LogP contribution in [0.5, 0.6) is 0 Å². The number of nitrogens with zero attached hydrogens (tertiary/aromatic N) is 2. The summed E-state index contributed by atoms with van der Waals surface area (Å²) < 4.78 is 5.41. The molecule has 0 atom stereocenters. The summed E-state index contributed by atoms with van der Waals surface area (Å²) >= 11 is 0. The van der Waals surface area contributed by atoms with Gasteiger partial charge in [0.2, 0.25) is 0 Å². The van der Waals surface area contributed by atoms with Crippen LogP contribution in [0.4, 0.5) is 5.69 Å². The molecular weight excluding hydrogens is 236 g/mol. The van der Waals surface area contributed by atoms with E-state index in [-0.39, 0.29) is 5.69 Å². The van der Waals surface area contributed by atoms with E-state index in [9.17, 15) is 10.1 Å². The summed E-state index contributed by atoms with van der Waals surface area (Å²) in [6, 6.07) is 7.90. The van der Waals surface area contributed by atoms with Crippen molar-refractivity contribution in [2.24, 2.45) is 5.16 Å². The zero-order valence-electron chi connectivity index (χ0n) is 9.53. The van der Waals surface area contributed by atoms with E-state index in [0.29, 0.717) is 11.5 Å². The smallest absolute Gasteiger partial charge is 0.269 e. The highest BCUT2D eigenvalue weighted by Gasteiger charge is 2.11. The molecular formula is C12H10N2O4. The Labute approximate surface area is 102 Å². The molecule has 0 aliphatic carbocycles. The molecule has 0 aliphatic rings. The maximum Gasteiger partial charge on any atom is 0.269 e. The molecule has 0 amide bonds. The molecule has 0 bridgehead atoms. The maximum absolute atomic E-state index is 10.6. The highest BCUT2D eigenvalue weighted by Crippen LogP contribution is 2.27. The highest BCUT2D eigenvalue weighted by molar-refractivity contribution is 5.77. The molecule has 92 valence electrons. The van der Waals surface area contributed by atoms with Crippen LogP contribution in [0, 0.1) is 17.0 Å². The second kappa shape index (κ2) is 4.70. The van der Waals surface area contributed by atoms with Crippen LogP contribution < -0.4 is 0 Å². The van der Waals surface area contributed by atoms with Crippen molar-refractivity contribution in [1.82, 2.24) is 0 Å². The van der Waals surface area contributed by atoms with E-state index in [1.54, 1.807) is 25.1 Å². The summed E-state index contributed by atoms with van der Waals surface area (Å²) in [5, 5.41) is 21.9. The van der Waals surface area contributed by atoms with E-state index in [0.717, 1.165) is 11.1 Å². The molecule has 0 spiro atoms. The summed E-state index contributed by atoms with van der Waals surface area (Å²) in [6.45, 7) is 1.77. The van der Waals surface area contributed by atoms with Crippen molar-refractivity contribution < 1.29 is 14.5 Å². The van der Waals surface area contributed by atoms with Crippen molar-refractivity contribution in [1.29, 1.82) is 0 Å². The highest BCUT2D eigenvalue weighted by atomic mass is 16.6. The summed E-state index contributed by atoms with van der Waals surface area (Å²) in [5.74, 6) is 0.975. The number of benzene rings is 1. The summed E-state index contributed by atoms with van der Waals surface area (Å²) in [5.41, 5.74) is 1.55. The number of nitro groups is 1. The van der Waals surface area contributed by atoms with Crippen LogP contribution in [0.25, 0.3) is 11.3 Å². The Morgan fingerprint density at radius 1 is 1.39 bits per heavy atom. The van der Waals surface area contributed by atoms with Crippen LogP contribution in [0.15, 0.2) is 39.9 Å². The molecule has 18 heavy (non-hydrogen) atoms. The fourth-order valence-corrected chi connectivity index (χ4v) is 1.66. The van der Waals surface area contributed by atoms with Gasteiger partial charge in [-0.3, -0.25) is 10.1 Å². The van der Waals surface area contributed by atoms with Gasteiger partial charge in [-0.2, -0.15) is 0 Å². The van der Waals surface area contributed by atoms with Crippen LogP contribution in [-0.2, 0) is 0 Å². The van der Waals surface area contributed by atoms with Gasteiger partial charge in [-0.25, -0.2) is 0 Å². The van der Waals surface area contributed by atoms with Crippen LogP contribution in [0.1, 0.15) is 11.3 Å². The third kappa shape index (κ3) is 2.22. The van der Waals surface area contributed by atoms with Gasteiger partial charge in [-0.05, 0) is 30.7 Å². The second-order valence-corrected chi connectivity index (χ2v) is 3.70. The molecule has 1 aromatic carbocycles. The van der Waals surface area contributed by atoms with Crippen LogP contribution >= 0.6 is 0 Å². The zero-order chi connectivity index (χ0) is 13.1. The predicted molar refractivity (Wildman–Crippen MR) is 64.9 cm³/mol. The lowest BCUT2D eigenvalue weighted by atomic mass is 10.1. The van der Waals surface area contributed by atoms with Gasteiger partial charge in [0.1, 0.15) is 17.7 Å². The second-order valence-electron chi connectivity index (χ2n) is 3.70. The first-order chi connectivity index (χ1) is 8.61. The number of hydrogen-bond donors (Lipinski definition) is 1. The lowest BCUT2D eigenvalue weighted by molar-refractivity contribution is -0.384. The molecule has 1 aromatic heterocycles. The topological polar surface area (TPSA) is 88.9 Å². The molecule has 1 N–H and O–H groups in total. The maximum atomic E-state index is 10.6. The number of nitro benzene ring substituents is 1. The molecule has 0 radical (unpaired) electrons. The van der Waals surface area contributed by atoms with E-state index in [4.69, 9.17) is 9.62 Å². The van der Waals surface area contributed by atoms with E-state index in [1.807, 2.05) is 0 Å². The van der Waals surface area contributed by atoms with Crippen LogP contribution in [0.3, 0.4) is 0 Å². The molecule has 0 aliphatic heterocycles. The Morgan fingerprint density at radius 3 is 2.78 bits per heavy atom. The van der Waals surface area contributed by atoms with Gasteiger partial charge < -0.3 is 9.62 Å². The lowest BCUT2D eigenvalue weighted by Gasteiger charge is -2.01. The van der Waals surface area contributed by atoms with Crippen molar-refractivity contribution in [2.75, 3.05) is 0 Å². The Balaban J connectivity index is 2.41. The van der Waals surface area contributed by atoms with Crippen molar-refractivity contribution in [3.8, 4) is 11.3 Å². The molecule has 0 saturated heterocycles. The third-order valence-corrected chi connectivity index (χ3v) is 2.50. The predicted octanol–water partition coefficient (Wildman–Crippen LogP) is 2.97. The Morgan fingerprint density at radius 2 is 2.17 bits per heavy atom. The number of non-ortho nitro benzene ring substituents is 1. The van der Waals surface area contributed by atoms with E-state index < -0.39 is 4.92 Å². The molecule has 0 unspecified atom stereocenters. The fraction of sp³-hybridized carbons (Fsp3) is 0.0833. The number of hydrogen-bond acceptors (Lipinski definition) is 5. The molecule has 0 saturated carbocycles. The van der Waals surface area contributed by atoms with Gasteiger partial charge in [0.25, 0.3) is 5.69 Å². The third-order valence-electron chi connectivity index (χ3n) is 2.50. The van der Waals surface area contributed by atoms with Gasteiger partial charge >= 0.3 is 0 Å². The van der Waals surface area contributed by atoms with Gasteiger partial charge in [0.05, 0.1) is 4.92 Å². The van der Waals surface area contributed by atoms with E-state index in [2.05, 4.69) is 5.16 Å². The molecule has 6 heteroatoms. The van der Waals surface area contributed by atoms with Crippen molar-refractivity contribution in [3.63, 3.8) is 0 Å². The van der Waals surface area contributed by atoms with Crippen molar-refractivity contribution in [2.45, 2.75) is 6.92 Å². The molecule has 0 fully saturated rings. The molecule has 6 nitrogen and oxygen atoms in total. The largest absolute Gasteiger partial charge is 0.455 e. The molecule has 2 rings (SSSR count). The average molecular weight is 246 g/mol. The number of oxime groups is 1. The summed E-state index contributed by atoms with van der Waals surface area (Å²) in [4.78, 5) is 10.2. The van der Waals surface area contributed by atoms with E-state index in [1.165, 1.54) is 18.3 Å². The van der Waals surface area contributed by atoms with Crippen molar-refractivity contribution in [3.05, 3.63) is 51.8 Å². The quantitative estimate of drug-likeness (QED) is 0.390.